The predicted octanol–water partition coefficient (Wildman–Crippen LogP) is 2.86. The van der Waals surface area contributed by atoms with Crippen LogP contribution in [0.4, 0.5) is 10.1 Å². The van der Waals surface area contributed by atoms with Crippen molar-refractivity contribution in [2.24, 2.45) is 18.1 Å². The van der Waals surface area contributed by atoms with Gasteiger partial charge in [0.1, 0.15) is 27.8 Å². The fourth-order valence-corrected chi connectivity index (χ4v) is 3.14. The second-order valence-electron chi connectivity index (χ2n) is 6.05. The van der Waals surface area contributed by atoms with E-state index >= 15 is 0 Å². The number of aryl methyl sites for hydroxylation is 1. The van der Waals surface area contributed by atoms with Crippen LogP contribution in [0, 0.1) is 23.1 Å². The zero-order valence-corrected chi connectivity index (χ0v) is 16.4. The molecule has 7 nitrogen and oxygen atoms in total. The van der Waals surface area contributed by atoms with E-state index in [-0.39, 0.29) is 40.1 Å². The Hall–Kier alpha value is -2.96. The number of rotatable bonds is 8. The van der Waals surface area contributed by atoms with Crippen LogP contribution in [0.25, 0.3) is 0 Å². The molecule has 0 fully saturated rings. The van der Waals surface area contributed by atoms with Gasteiger partial charge in [0, 0.05) is 24.8 Å². The fourth-order valence-electron chi connectivity index (χ4n) is 2.54. The second kappa shape index (κ2) is 9.30. The molecule has 0 spiro atoms. The highest BCUT2D eigenvalue weighted by Gasteiger charge is 2.25. The van der Waals surface area contributed by atoms with Crippen LogP contribution in [0.1, 0.15) is 29.4 Å². The molecule has 1 amide bonds. The molecule has 0 saturated carbocycles. The van der Waals surface area contributed by atoms with Crippen molar-refractivity contribution in [3.63, 3.8) is 0 Å². The Morgan fingerprint density at radius 3 is 2.86 bits per heavy atom. The number of benzene rings is 1. The molecular formula is C19H21FN4O3S. The van der Waals surface area contributed by atoms with Crippen molar-refractivity contribution in [3.05, 3.63) is 54.1 Å². The van der Waals surface area contributed by atoms with Gasteiger partial charge in [-0.1, -0.05) is 13.0 Å². The summed E-state index contributed by atoms with van der Waals surface area (Å²) in [5, 5.41) is 17.0. The summed E-state index contributed by atoms with van der Waals surface area (Å²) in [5.41, 5.74) is 0.153. The molecule has 0 aliphatic heterocycles. The third-order valence-corrected chi connectivity index (χ3v) is 4.90. The Labute approximate surface area is 165 Å². The molecule has 3 N–H and O–H groups in total. The molecule has 0 aliphatic carbocycles. The lowest BCUT2D eigenvalue weighted by atomic mass is 10.1. The van der Waals surface area contributed by atoms with Gasteiger partial charge in [0.05, 0.1) is 12.2 Å². The minimum atomic E-state index is -1.86. The maximum absolute atomic E-state index is 13.5. The fraction of sp³-hybridized carbons (Fsp3) is 0.263. The van der Waals surface area contributed by atoms with E-state index in [1.54, 1.807) is 19.2 Å². The summed E-state index contributed by atoms with van der Waals surface area (Å²) in [6.07, 6.45) is 3.98. The lowest BCUT2D eigenvalue weighted by Crippen LogP contribution is -2.18. The van der Waals surface area contributed by atoms with Gasteiger partial charge in [-0.2, -0.15) is 5.26 Å². The number of nitriles is 1. The molecule has 1 aromatic carbocycles. The van der Waals surface area contributed by atoms with Crippen LogP contribution >= 0.6 is 0 Å². The van der Waals surface area contributed by atoms with Gasteiger partial charge >= 0.3 is 0 Å². The van der Waals surface area contributed by atoms with Gasteiger partial charge in [-0.3, -0.25) is 4.79 Å². The first kappa shape index (κ1) is 21.3. The van der Waals surface area contributed by atoms with Crippen molar-refractivity contribution in [2.75, 3.05) is 11.9 Å². The monoisotopic (exact) mass is 404 g/mol. The third kappa shape index (κ3) is 4.65. The van der Waals surface area contributed by atoms with Gasteiger partial charge in [-0.25, -0.2) is 13.7 Å². The van der Waals surface area contributed by atoms with Gasteiger partial charge in [0.2, 0.25) is 0 Å². The van der Waals surface area contributed by atoms with Crippen molar-refractivity contribution < 1.29 is 18.1 Å². The van der Waals surface area contributed by atoms with E-state index in [2.05, 4.69) is 11.9 Å². The lowest BCUT2D eigenvalue weighted by molar-refractivity contribution is 0.101. The number of anilines is 1. The van der Waals surface area contributed by atoms with Crippen molar-refractivity contribution in [3.8, 4) is 11.8 Å². The summed E-state index contributed by atoms with van der Waals surface area (Å²) in [6.45, 7) is 5.95. The maximum Gasteiger partial charge on any atom is 0.276 e. The number of nitrogens with one attached hydrogen (secondary N) is 1. The molecule has 1 heterocycles. The Balaban J connectivity index is 2.37. The number of ether oxygens (including phenoxy) is 1. The van der Waals surface area contributed by atoms with E-state index < -0.39 is 22.7 Å². The number of nitrogens with two attached hydrogens (primary N) is 1. The number of nitrogens with zero attached hydrogens (tertiary/aromatic N) is 2. The number of amides is 1. The van der Waals surface area contributed by atoms with Crippen LogP contribution in [0.15, 0.2) is 41.9 Å². The van der Waals surface area contributed by atoms with Crippen LogP contribution in [0.2, 0.25) is 0 Å². The average Bonchev–Trinajstić information content (AvgIpc) is 3.00. The smallest absolute Gasteiger partial charge is 0.276 e. The highest BCUT2D eigenvalue weighted by atomic mass is 32.2. The standard InChI is InChI=1S/C19H21FN4O3S/c1-4-12(5-2)11-27-18-16(28(22)26)10-24(3)17(18)19(25)23-14-6-7-15(20)13(8-14)9-21/h4,6-8,10,12H,1,5,11,22H2,2-3H3,(H,23,25). The summed E-state index contributed by atoms with van der Waals surface area (Å²) >= 11 is 0. The maximum atomic E-state index is 13.5. The van der Waals surface area contributed by atoms with E-state index in [9.17, 15) is 13.4 Å². The summed E-state index contributed by atoms with van der Waals surface area (Å²) in [7, 11) is -0.272. The highest BCUT2D eigenvalue weighted by molar-refractivity contribution is 7.82. The van der Waals surface area contributed by atoms with Crippen LogP contribution in [-0.2, 0) is 18.0 Å². The van der Waals surface area contributed by atoms with Crippen LogP contribution in [0.3, 0.4) is 0 Å². The van der Waals surface area contributed by atoms with E-state index in [0.29, 0.717) is 0 Å². The highest BCUT2D eigenvalue weighted by Crippen LogP contribution is 2.30. The zero-order valence-electron chi connectivity index (χ0n) is 15.6. The SMILES string of the molecule is C=CC(CC)COc1c(S(N)=O)cn(C)c1C(=O)Nc1ccc(F)c(C#N)c1. The lowest BCUT2D eigenvalue weighted by Gasteiger charge is -2.14. The Morgan fingerprint density at radius 1 is 1.57 bits per heavy atom. The van der Waals surface area contributed by atoms with Gasteiger partial charge in [0.25, 0.3) is 5.91 Å². The van der Waals surface area contributed by atoms with Crippen LogP contribution in [0.5, 0.6) is 5.75 Å². The van der Waals surface area contributed by atoms with Crippen LogP contribution < -0.4 is 15.2 Å². The van der Waals surface area contributed by atoms with Gasteiger partial charge < -0.3 is 14.6 Å². The molecule has 0 bridgehead atoms. The first-order chi connectivity index (χ1) is 13.3. The van der Waals surface area contributed by atoms with E-state index in [4.69, 9.17) is 15.1 Å². The summed E-state index contributed by atoms with van der Waals surface area (Å²) in [5.74, 6) is -1.09. The largest absolute Gasteiger partial charge is 0.489 e. The Morgan fingerprint density at radius 2 is 2.29 bits per heavy atom. The molecule has 0 saturated heterocycles. The number of hydrogen-bond donors (Lipinski definition) is 2. The molecule has 28 heavy (non-hydrogen) atoms. The number of carbonyl (C=O) groups excluding carboxylic acids is 1. The normalized spacial score (nSPS) is 12.7. The summed E-state index contributed by atoms with van der Waals surface area (Å²) in [6, 6.07) is 5.37. The van der Waals surface area contributed by atoms with Crippen molar-refractivity contribution in [1.82, 2.24) is 4.57 Å². The molecule has 2 unspecified atom stereocenters. The minimum absolute atomic E-state index is 0.0467. The first-order valence-electron chi connectivity index (χ1n) is 8.44. The van der Waals surface area contributed by atoms with E-state index in [1.807, 2.05) is 6.92 Å². The second-order valence-corrected chi connectivity index (χ2v) is 7.09. The molecule has 9 heteroatoms. The Kier molecular flexibility index (Phi) is 7.09. The van der Waals surface area contributed by atoms with Gasteiger partial charge in [-0.15, -0.1) is 6.58 Å². The van der Waals surface area contributed by atoms with Crippen molar-refractivity contribution in [1.29, 1.82) is 5.26 Å². The Bertz CT molecular complexity index is 965. The minimum Gasteiger partial charge on any atom is -0.489 e. The molecule has 2 atom stereocenters. The van der Waals surface area contributed by atoms with Crippen molar-refractivity contribution in [2.45, 2.75) is 18.2 Å². The molecule has 2 rings (SSSR count). The first-order valence-corrected chi connectivity index (χ1v) is 9.65. The van der Waals surface area contributed by atoms with Gasteiger partial charge in [0.15, 0.2) is 11.4 Å². The molecular weight excluding hydrogens is 383 g/mol. The van der Waals surface area contributed by atoms with Crippen LogP contribution in [-0.4, -0.2) is 21.3 Å². The number of carbonyl (C=O) groups is 1. The van der Waals surface area contributed by atoms with E-state index in [1.165, 1.54) is 22.9 Å². The number of hydrogen-bond acceptors (Lipinski definition) is 4. The number of aromatic nitrogens is 1. The van der Waals surface area contributed by atoms with E-state index in [0.717, 1.165) is 12.5 Å². The zero-order chi connectivity index (χ0) is 20.8. The molecule has 0 radical (unpaired) electrons. The summed E-state index contributed by atoms with van der Waals surface area (Å²) < 4.78 is 32.6. The molecule has 1 aromatic heterocycles. The molecule has 148 valence electrons. The summed E-state index contributed by atoms with van der Waals surface area (Å²) in [4.78, 5) is 13.0. The number of halogens is 1. The van der Waals surface area contributed by atoms with Crippen molar-refractivity contribution >= 4 is 22.6 Å². The molecule has 0 aliphatic rings. The topological polar surface area (TPSA) is 110 Å². The predicted molar refractivity (Wildman–Crippen MR) is 105 cm³/mol. The third-order valence-electron chi connectivity index (χ3n) is 4.18. The molecule has 2 aromatic rings. The average molecular weight is 404 g/mol. The quantitative estimate of drug-likeness (QED) is 0.659. The van der Waals surface area contributed by atoms with Gasteiger partial charge in [-0.05, 0) is 24.6 Å².